The van der Waals surface area contributed by atoms with Crippen molar-refractivity contribution in [2.45, 2.75) is 17.6 Å². The van der Waals surface area contributed by atoms with E-state index in [4.69, 9.17) is 27.9 Å². The molecule has 0 radical (unpaired) electrons. The third-order valence-corrected chi connectivity index (χ3v) is 6.81. The maximum Gasteiger partial charge on any atom is 0.146 e. The van der Waals surface area contributed by atoms with Crippen LogP contribution in [0.4, 0.5) is 0 Å². The number of fused-ring (bicyclic) bond motifs is 7. The molecule has 0 bridgehead atoms. The smallest absolute Gasteiger partial charge is 0.146 e. The van der Waals surface area contributed by atoms with Crippen LogP contribution in [-0.4, -0.2) is 0 Å². The molecule has 2 spiro atoms. The lowest BCUT2D eigenvalue weighted by atomic mass is 9.76. The minimum Gasteiger partial charge on any atom is -0.345 e. The fraction of sp³-hybridized carbons (Fsp3) is 0.111. The molecule has 0 amide bonds. The maximum absolute atomic E-state index is 7.24. The Balaban J connectivity index is 1.76. The van der Waals surface area contributed by atoms with E-state index >= 15 is 0 Å². The summed E-state index contributed by atoms with van der Waals surface area (Å²) in [6, 6.07) is 23.0. The highest BCUT2D eigenvalue weighted by Crippen LogP contribution is 2.59. The van der Waals surface area contributed by atoms with Gasteiger partial charge in [-0.1, -0.05) is 96.0 Å². The van der Waals surface area contributed by atoms with Crippen LogP contribution in [0.2, 0.25) is 5.02 Å². The molecule has 1 aliphatic heterocycles. The zero-order valence-corrected chi connectivity index (χ0v) is 17.6. The molecule has 1 atom stereocenters. The summed E-state index contributed by atoms with van der Waals surface area (Å²) in [7, 11) is 0. The standard InChI is InChI=1S/C27H18Cl2O/c28-20-13-14-24-25(16-20)26(15-5-8-21(29)17-26)30-27(24)22-9-3-1-6-18(22)11-12-19-7-2-4-10-23(19)27/h1-14,16-17H,15H2. The number of hydrogen-bond acceptors (Lipinski definition) is 1. The van der Waals surface area contributed by atoms with Crippen molar-refractivity contribution in [3.05, 3.63) is 128 Å². The molecule has 3 aromatic rings. The average Bonchev–Trinajstić information content (AvgIpc) is 2.93. The highest BCUT2D eigenvalue weighted by atomic mass is 35.5. The Bertz CT molecular complexity index is 1230. The highest BCUT2D eigenvalue weighted by Gasteiger charge is 2.56. The zero-order valence-electron chi connectivity index (χ0n) is 16.1. The van der Waals surface area contributed by atoms with Gasteiger partial charge in [0.05, 0.1) is 0 Å². The number of benzene rings is 3. The van der Waals surface area contributed by atoms with Crippen LogP contribution in [0.15, 0.2) is 90.0 Å². The molecule has 0 saturated heterocycles. The molecule has 1 nitrogen and oxygen atoms in total. The molecule has 3 aromatic carbocycles. The van der Waals surface area contributed by atoms with E-state index in [1.165, 1.54) is 0 Å². The lowest BCUT2D eigenvalue weighted by Gasteiger charge is -2.37. The first-order valence-corrected chi connectivity index (χ1v) is 10.8. The highest BCUT2D eigenvalue weighted by molar-refractivity contribution is 6.31. The minimum absolute atomic E-state index is 0.670. The van der Waals surface area contributed by atoms with Gasteiger partial charge in [-0.25, -0.2) is 0 Å². The van der Waals surface area contributed by atoms with E-state index in [-0.39, 0.29) is 0 Å². The fourth-order valence-electron chi connectivity index (χ4n) is 5.14. The average molecular weight is 429 g/mol. The molecule has 146 valence electrons. The number of halogens is 2. The Kier molecular flexibility index (Phi) is 3.92. The summed E-state index contributed by atoms with van der Waals surface area (Å²) < 4.78 is 7.24. The quantitative estimate of drug-likeness (QED) is 0.361. The molecule has 1 heterocycles. The summed E-state index contributed by atoms with van der Waals surface area (Å²) in [6.45, 7) is 0. The summed E-state index contributed by atoms with van der Waals surface area (Å²) >= 11 is 13.0. The second-order valence-electron chi connectivity index (χ2n) is 8.01. The van der Waals surface area contributed by atoms with Crippen LogP contribution < -0.4 is 0 Å². The van der Waals surface area contributed by atoms with E-state index < -0.39 is 11.2 Å². The van der Waals surface area contributed by atoms with E-state index in [1.807, 2.05) is 24.3 Å². The van der Waals surface area contributed by atoms with Gasteiger partial charge in [0.2, 0.25) is 0 Å². The predicted molar refractivity (Wildman–Crippen MR) is 124 cm³/mol. The Labute approximate surface area is 185 Å². The van der Waals surface area contributed by atoms with E-state index in [0.29, 0.717) is 16.5 Å². The molecule has 0 aromatic heterocycles. The summed E-state index contributed by atoms with van der Waals surface area (Å²) in [6.07, 6.45) is 11.1. The van der Waals surface area contributed by atoms with Crippen molar-refractivity contribution >= 4 is 35.4 Å². The van der Waals surface area contributed by atoms with Crippen molar-refractivity contribution in [1.82, 2.24) is 0 Å². The predicted octanol–water partition coefficient (Wildman–Crippen LogP) is 7.42. The third-order valence-electron chi connectivity index (χ3n) is 6.34. The van der Waals surface area contributed by atoms with Crippen LogP contribution >= 0.6 is 23.2 Å². The molecule has 2 aliphatic carbocycles. The van der Waals surface area contributed by atoms with Crippen molar-refractivity contribution in [2.75, 3.05) is 0 Å². The first-order valence-electron chi connectivity index (χ1n) is 10.1. The van der Waals surface area contributed by atoms with Crippen LogP contribution in [0.25, 0.3) is 12.2 Å². The first kappa shape index (κ1) is 18.2. The molecular formula is C27H18Cl2O. The van der Waals surface area contributed by atoms with Crippen LogP contribution in [0.5, 0.6) is 0 Å². The van der Waals surface area contributed by atoms with Crippen LogP contribution in [0.1, 0.15) is 39.8 Å². The van der Waals surface area contributed by atoms with Gasteiger partial charge >= 0.3 is 0 Å². The Morgan fingerprint density at radius 1 is 0.700 bits per heavy atom. The van der Waals surface area contributed by atoms with Crippen LogP contribution in [0.3, 0.4) is 0 Å². The molecule has 0 saturated carbocycles. The van der Waals surface area contributed by atoms with Gasteiger partial charge in [0.1, 0.15) is 11.2 Å². The van der Waals surface area contributed by atoms with Crippen molar-refractivity contribution in [2.24, 2.45) is 0 Å². The Morgan fingerprint density at radius 3 is 2.03 bits per heavy atom. The fourth-order valence-corrected chi connectivity index (χ4v) is 5.58. The minimum atomic E-state index is -0.755. The number of ether oxygens (including phenoxy) is 1. The van der Waals surface area contributed by atoms with Crippen molar-refractivity contribution in [3.63, 3.8) is 0 Å². The Hall–Kier alpha value is -2.58. The molecule has 6 rings (SSSR count). The van der Waals surface area contributed by atoms with Crippen molar-refractivity contribution in [3.8, 4) is 0 Å². The van der Waals surface area contributed by atoms with Gasteiger partial charge < -0.3 is 4.74 Å². The van der Waals surface area contributed by atoms with E-state index in [1.54, 1.807) is 0 Å². The molecule has 1 unspecified atom stereocenters. The van der Waals surface area contributed by atoms with Gasteiger partial charge in [-0.3, -0.25) is 0 Å². The van der Waals surface area contributed by atoms with E-state index in [2.05, 4.69) is 72.8 Å². The lowest BCUT2D eigenvalue weighted by molar-refractivity contribution is -0.0721. The van der Waals surface area contributed by atoms with Gasteiger partial charge in [0.15, 0.2) is 0 Å². The van der Waals surface area contributed by atoms with E-state index in [9.17, 15) is 0 Å². The molecule has 0 fully saturated rings. The van der Waals surface area contributed by atoms with Gasteiger partial charge in [-0.05, 0) is 46.5 Å². The molecule has 3 aliphatic rings. The summed E-state index contributed by atoms with van der Waals surface area (Å²) in [5, 5.41) is 1.37. The summed E-state index contributed by atoms with van der Waals surface area (Å²) in [4.78, 5) is 0. The topological polar surface area (TPSA) is 9.23 Å². The molecular weight excluding hydrogens is 411 g/mol. The monoisotopic (exact) mass is 428 g/mol. The third kappa shape index (κ3) is 2.40. The SMILES string of the molecule is ClC1=CC2(CC=C1)OC1(c3ccccc3C=Cc3ccccc31)c1ccc(Cl)cc12. The second kappa shape index (κ2) is 6.46. The van der Waals surface area contributed by atoms with Crippen molar-refractivity contribution in [1.29, 1.82) is 0 Å². The molecule has 3 heteroatoms. The molecule has 30 heavy (non-hydrogen) atoms. The normalized spacial score (nSPS) is 22.4. The summed E-state index contributed by atoms with van der Waals surface area (Å²) in [5.41, 5.74) is 5.32. The lowest BCUT2D eigenvalue weighted by Crippen LogP contribution is -2.35. The van der Waals surface area contributed by atoms with Crippen LogP contribution in [-0.2, 0) is 15.9 Å². The molecule has 0 N–H and O–H groups in total. The van der Waals surface area contributed by atoms with Crippen molar-refractivity contribution < 1.29 is 4.74 Å². The van der Waals surface area contributed by atoms with Gasteiger partial charge in [0, 0.05) is 27.6 Å². The number of allylic oxidation sites excluding steroid dienone is 2. The van der Waals surface area contributed by atoms with Gasteiger partial charge in [-0.2, -0.15) is 0 Å². The number of hydrogen-bond donors (Lipinski definition) is 0. The van der Waals surface area contributed by atoms with Crippen LogP contribution in [0, 0.1) is 0 Å². The van der Waals surface area contributed by atoms with E-state index in [0.717, 1.165) is 33.4 Å². The second-order valence-corrected chi connectivity index (χ2v) is 8.88. The zero-order chi connectivity index (χ0) is 20.3. The number of rotatable bonds is 0. The summed E-state index contributed by atoms with van der Waals surface area (Å²) in [5.74, 6) is 0. The first-order chi connectivity index (χ1) is 14.6. The Morgan fingerprint density at radius 2 is 1.37 bits per heavy atom. The largest absolute Gasteiger partial charge is 0.345 e. The van der Waals surface area contributed by atoms with Gasteiger partial charge in [-0.15, -0.1) is 0 Å². The van der Waals surface area contributed by atoms with Gasteiger partial charge in [0.25, 0.3) is 0 Å². The maximum atomic E-state index is 7.24.